The van der Waals surface area contributed by atoms with Crippen molar-refractivity contribution in [1.82, 2.24) is 19.5 Å². The molecule has 2 aromatic heterocycles. The fourth-order valence-corrected chi connectivity index (χ4v) is 5.09. The van der Waals surface area contributed by atoms with E-state index in [1.807, 2.05) is 30.3 Å². The van der Waals surface area contributed by atoms with E-state index in [2.05, 4.69) is 15.0 Å². The van der Waals surface area contributed by atoms with Crippen molar-refractivity contribution in [3.63, 3.8) is 0 Å². The van der Waals surface area contributed by atoms with Crippen molar-refractivity contribution in [3.05, 3.63) is 53.7 Å². The van der Waals surface area contributed by atoms with E-state index < -0.39 is 11.8 Å². The van der Waals surface area contributed by atoms with Gasteiger partial charge in [0, 0.05) is 25.2 Å². The summed E-state index contributed by atoms with van der Waals surface area (Å²) in [5.74, 6) is -0.867. The third-order valence-electron chi connectivity index (χ3n) is 6.36. The van der Waals surface area contributed by atoms with Crippen LogP contribution in [0.15, 0.2) is 43.0 Å². The molecule has 3 aromatic rings. The number of aliphatic hydroxyl groups is 1. The highest BCUT2D eigenvalue weighted by Crippen LogP contribution is 2.58. The van der Waals surface area contributed by atoms with Gasteiger partial charge in [0.2, 0.25) is 0 Å². The van der Waals surface area contributed by atoms with Gasteiger partial charge in [0.15, 0.2) is 10.8 Å². The summed E-state index contributed by atoms with van der Waals surface area (Å²) in [4.78, 5) is 24.1. The van der Waals surface area contributed by atoms with Crippen LogP contribution in [0.4, 0.5) is 0 Å². The Balaban J connectivity index is 1.44. The smallest absolute Gasteiger partial charge is 0.302 e. The van der Waals surface area contributed by atoms with E-state index in [1.54, 1.807) is 10.9 Å². The number of benzene rings is 1. The molecule has 5 rings (SSSR count). The summed E-state index contributed by atoms with van der Waals surface area (Å²) in [6.45, 7) is 1.77. The standard InChI is InChI=1S/C22H23ClN4O5/c1-13(29)31-10-22-7-16(30-9-14-5-3-2-4-6-14)17(22)15(8-28)21(32-22)27-12-26-18-19(23)24-11-25-20(18)27/h2-6,11-12,15-17,21,28H,7-10H2,1H3/t15?,16?,17?,21-,22+/m0/s1. The molecule has 32 heavy (non-hydrogen) atoms. The number of nitrogens with zero attached hydrogens (tertiary/aromatic N) is 4. The zero-order valence-electron chi connectivity index (χ0n) is 17.4. The van der Waals surface area contributed by atoms with Crippen LogP contribution in [0.2, 0.25) is 5.15 Å². The Morgan fingerprint density at radius 3 is 2.88 bits per heavy atom. The minimum atomic E-state index is -0.751. The molecule has 2 aliphatic rings. The third kappa shape index (κ3) is 3.55. The lowest BCUT2D eigenvalue weighted by Crippen LogP contribution is -2.60. The number of hydrogen-bond donors (Lipinski definition) is 1. The molecule has 168 valence electrons. The summed E-state index contributed by atoms with van der Waals surface area (Å²) < 4.78 is 19.8. The number of aromatic nitrogens is 4. The summed E-state index contributed by atoms with van der Waals surface area (Å²) >= 11 is 6.16. The molecule has 1 saturated heterocycles. The van der Waals surface area contributed by atoms with E-state index in [9.17, 15) is 9.90 Å². The molecule has 5 atom stereocenters. The van der Waals surface area contributed by atoms with Crippen LogP contribution < -0.4 is 0 Å². The van der Waals surface area contributed by atoms with Gasteiger partial charge in [-0.25, -0.2) is 15.0 Å². The van der Waals surface area contributed by atoms with Crippen molar-refractivity contribution < 1.29 is 24.1 Å². The van der Waals surface area contributed by atoms with E-state index in [4.69, 9.17) is 25.8 Å². The molecule has 1 aliphatic carbocycles. The number of esters is 1. The number of carbonyl (C=O) groups excluding carboxylic acids is 1. The first-order valence-electron chi connectivity index (χ1n) is 10.4. The monoisotopic (exact) mass is 458 g/mol. The van der Waals surface area contributed by atoms with E-state index in [-0.39, 0.29) is 42.3 Å². The number of hydrogen-bond acceptors (Lipinski definition) is 8. The van der Waals surface area contributed by atoms with Gasteiger partial charge in [-0.2, -0.15) is 0 Å². The van der Waals surface area contributed by atoms with Crippen molar-refractivity contribution in [2.75, 3.05) is 13.2 Å². The molecular weight excluding hydrogens is 436 g/mol. The van der Waals surface area contributed by atoms with E-state index in [0.717, 1.165) is 5.56 Å². The van der Waals surface area contributed by atoms with Crippen LogP contribution in [0.5, 0.6) is 0 Å². The quantitative estimate of drug-likeness (QED) is 0.425. The first-order chi connectivity index (χ1) is 15.5. The number of halogens is 1. The van der Waals surface area contributed by atoms with Gasteiger partial charge in [-0.15, -0.1) is 0 Å². The second kappa shape index (κ2) is 8.40. The SMILES string of the molecule is CC(=O)OC[C@]12CC(OCc3ccccc3)C1C(CO)[C@@H](n1cnc3c(Cl)ncnc31)O2. The molecular formula is C22H23ClN4O5. The van der Waals surface area contributed by atoms with Gasteiger partial charge in [0.1, 0.15) is 30.3 Å². The summed E-state index contributed by atoms with van der Waals surface area (Å²) in [5.41, 5.74) is 1.28. The molecule has 0 radical (unpaired) electrons. The highest BCUT2D eigenvalue weighted by molar-refractivity contribution is 6.33. The Bertz CT molecular complexity index is 1130. The molecule has 1 aromatic carbocycles. The Morgan fingerprint density at radius 2 is 2.12 bits per heavy atom. The van der Waals surface area contributed by atoms with Crippen molar-refractivity contribution >= 4 is 28.7 Å². The molecule has 1 N–H and O–H groups in total. The second-order valence-corrected chi connectivity index (χ2v) is 8.61. The van der Waals surface area contributed by atoms with Gasteiger partial charge in [-0.3, -0.25) is 9.36 Å². The maximum Gasteiger partial charge on any atom is 0.302 e. The molecule has 1 saturated carbocycles. The largest absolute Gasteiger partial charge is 0.463 e. The minimum absolute atomic E-state index is 0.0908. The van der Waals surface area contributed by atoms with Gasteiger partial charge in [-0.05, 0) is 5.56 Å². The molecule has 9 nitrogen and oxygen atoms in total. The minimum Gasteiger partial charge on any atom is -0.463 e. The number of carbonyl (C=O) groups is 1. The molecule has 2 fully saturated rings. The normalized spacial score (nSPS) is 29.0. The summed E-state index contributed by atoms with van der Waals surface area (Å²) in [6.07, 6.45) is 2.78. The maximum absolute atomic E-state index is 11.5. The Morgan fingerprint density at radius 1 is 1.31 bits per heavy atom. The topological polar surface area (TPSA) is 109 Å². The highest BCUT2D eigenvalue weighted by Gasteiger charge is 2.67. The lowest BCUT2D eigenvalue weighted by atomic mass is 9.63. The molecule has 3 unspecified atom stereocenters. The number of fused-ring (bicyclic) bond motifs is 2. The second-order valence-electron chi connectivity index (χ2n) is 8.25. The Labute approximate surface area is 189 Å². The van der Waals surface area contributed by atoms with Gasteiger partial charge in [0.05, 0.1) is 25.6 Å². The Hall–Kier alpha value is -2.59. The summed E-state index contributed by atoms with van der Waals surface area (Å²) in [6, 6.07) is 9.89. The van der Waals surface area contributed by atoms with Gasteiger partial charge in [0.25, 0.3) is 0 Å². The number of imidazole rings is 1. The van der Waals surface area contributed by atoms with Gasteiger partial charge >= 0.3 is 5.97 Å². The molecule has 10 heteroatoms. The van der Waals surface area contributed by atoms with E-state index in [0.29, 0.717) is 24.2 Å². The predicted octanol–water partition coefficient (Wildman–Crippen LogP) is 2.52. The van der Waals surface area contributed by atoms with Crippen LogP contribution in [0, 0.1) is 11.8 Å². The van der Waals surface area contributed by atoms with Crippen molar-refractivity contribution in [2.45, 2.75) is 37.9 Å². The lowest BCUT2D eigenvalue weighted by Gasteiger charge is -2.50. The van der Waals surface area contributed by atoms with Crippen LogP contribution in [0.3, 0.4) is 0 Å². The highest BCUT2D eigenvalue weighted by atomic mass is 35.5. The number of aliphatic hydroxyl groups excluding tert-OH is 1. The van der Waals surface area contributed by atoms with Gasteiger partial charge < -0.3 is 19.3 Å². The van der Waals surface area contributed by atoms with E-state index in [1.165, 1.54) is 13.3 Å². The molecule has 0 spiro atoms. The van der Waals surface area contributed by atoms with E-state index >= 15 is 0 Å². The fourth-order valence-electron chi connectivity index (χ4n) is 4.91. The van der Waals surface area contributed by atoms with Crippen molar-refractivity contribution in [2.24, 2.45) is 11.8 Å². The number of ether oxygens (including phenoxy) is 3. The third-order valence-corrected chi connectivity index (χ3v) is 6.64. The van der Waals surface area contributed by atoms with Crippen molar-refractivity contribution in [1.29, 1.82) is 0 Å². The van der Waals surface area contributed by atoms with Crippen molar-refractivity contribution in [3.8, 4) is 0 Å². The molecule has 3 heterocycles. The summed E-state index contributed by atoms with van der Waals surface area (Å²) in [5, 5.41) is 10.6. The van der Waals surface area contributed by atoms with Gasteiger partial charge in [-0.1, -0.05) is 41.9 Å². The summed E-state index contributed by atoms with van der Waals surface area (Å²) in [7, 11) is 0. The average Bonchev–Trinajstić information content (AvgIpc) is 3.31. The fraction of sp³-hybridized carbons (Fsp3) is 0.455. The first kappa shape index (κ1) is 21.3. The average molecular weight is 459 g/mol. The predicted molar refractivity (Wildman–Crippen MR) is 114 cm³/mol. The zero-order valence-corrected chi connectivity index (χ0v) is 18.2. The van der Waals surface area contributed by atoms with Crippen LogP contribution in [0.25, 0.3) is 11.2 Å². The molecule has 0 amide bonds. The van der Waals surface area contributed by atoms with Crippen LogP contribution in [-0.4, -0.2) is 55.5 Å². The number of rotatable bonds is 7. The van der Waals surface area contributed by atoms with Crippen LogP contribution >= 0.6 is 11.6 Å². The molecule has 0 bridgehead atoms. The van der Waals surface area contributed by atoms with Crippen LogP contribution in [0.1, 0.15) is 25.1 Å². The first-order valence-corrected chi connectivity index (χ1v) is 10.8. The molecule has 1 aliphatic heterocycles. The Kier molecular flexibility index (Phi) is 5.58. The van der Waals surface area contributed by atoms with Crippen LogP contribution in [-0.2, 0) is 25.6 Å². The zero-order chi connectivity index (χ0) is 22.3. The maximum atomic E-state index is 11.5. The lowest BCUT2D eigenvalue weighted by molar-refractivity contribution is -0.219.